The summed E-state index contributed by atoms with van der Waals surface area (Å²) in [6.45, 7) is 3.60. The third kappa shape index (κ3) is 4.12. The maximum Gasteiger partial charge on any atom is 0.235 e. The lowest BCUT2D eigenvalue weighted by Crippen LogP contribution is -2.44. The molecule has 3 N–H and O–H groups in total. The SMILES string of the molecule is c1ccc(Nc2nc(NC3Cc4ccccc4C3)nc(N3CCNCC3)n2)nc1. The molecule has 29 heavy (non-hydrogen) atoms. The van der Waals surface area contributed by atoms with Crippen molar-refractivity contribution in [2.75, 3.05) is 41.7 Å². The van der Waals surface area contributed by atoms with Crippen molar-refractivity contribution < 1.29 is 0 Å². The van der Waals surface area contributed by atoms with E-state index in [1.807, 2.05) is 18.2 Å². The molecule has 0 radical (unpaired) electrons. The van der Waals surface area contributed by atoms with Crippen molar-refractivity contribution in [2.24, 2.45) is 0 Å². The minimum absolute atomic E-state index is 0.286. The molecule has 0 saturated carbocycles. The standard InChI is InChI=1S/C21H24N8/c1-2-6-16-14-17(13-15(16)5-1)24-19-26-20(25-18-7-3-4-8-23-18)28-21(27-19)29-11-9-22-10-12-29/h1-8,17,22H,9-14H2,(H2,23,24,25,26,27,28). The Labute approximate surface area is 169 Å². The van der Waals surface area contributed by atoms with E-state index in [4.69, 9.17) is 4.98 Å². The Kier molecular flexibility index (Phi) is 4.92. The molecular weight excluding hydrogens is 364 g/mol. The van der Waals surface area contributed by atoms with Gasteiger partial charge in [-0.25, -0.2) is 4.98 Å². The van der Waals surface area contributed by atoms with Crippen molar-refractivity contribution in [1.29, 1.82) is 0 Å². The van der Waals surface area contributed by atoms with Gasteiger partial charge in [0.1, 0.15) is 5.82 Å². The van der Waals surface area contributed by atoms with Gasteiger partial charge in [0, 0.05) is 38.4 Å². The molecule has 1 saturated heterocycles. The summed E-state index contributed by atoms with van der Waals surface area (Å²) in [5.41, 5.74) is 2.79. The summed E-state index contributed by atoms with van der Waals surface area (Å²) in [6, 6.07) is 14.6. The van der Waals surface area contributed by atoms with Gasteiger partial charge in [0.2, 0.25) is 17.8 Å². The predicted molar refractivity (Wildman–Crippen MR) is 114 cm³/mol. The molecule has 8 heteroatoms. The van der Waals surface area contributed by atoms with Crippen molar-refractivity contribution >= 4 is 23.7 Å². The fourth-order valence-corrected chi connectivity index (χ4v) is 3.89. The Balaban J connectivity index is 1.40. The zero-order valence-electron chi connectivity index (χ0n) is 16.2. The molecule has 0 unspecified atom stereocenters. The van der Waals surface area contributed by atoms with Crippen LogP contribution in [0.25, 0.3) is 0 Å². The van der Waals surface area contributed by atoms with Crippen LogP contribution in [0.5, 0.6) is 0 Å². The van der Waals surface area contributed by atoms with Gasteiger partial charge in [0.15, 0.2) is 0 Å². The summed E-state index contributed by atoms with van der Waals surface area (Å²) >= 11 is 0. The highest BCUT2D eigenvalue weighted by atomic mass is 15.3. The van der Waals surface area contributed by atoms with E-state index in [2.05, 4.69) is 60.1 Å². The number of nitrogens with one attached hydrogen (secondary N) is 3. The van der Waals surface area contributed by atoms with Gasteiger partial charge < -0.3 is 20.9 Å². The van der Waals surface area contributed by atoms with Crippen LogP contribution in [0.2, 0.25) is 0 Å². The Bertz CT molecular complexity index is 946. The van der Waals surface area contributed by atoms with E-state index < -0.39 is 0 Å². The number of benzene rings is 1. The lowest BCUT2D eigenvalue weighted by Gasteiger charge is -2.28. The third-order valence-corrected chi connectivity index (χ3v) is 5.31. The summed E-state index contributed by atoms with van der Waals surface area (Å²) in [5.74, 6) is 2.51. The highest BCUT2D eigenvalue weighted by Gasteiger charge is 2.23. The topological polar surface area (TPSA) is 90.9 Å². The van der Waals surface area contributed by atoms with Gasteiger partial charge in [-0.3, -0.25) is 0 Å². The van der Waals surface area contributed by atoms with Crippen LogP contribution < -0.4 is 20.9 Å². The molecule has 0 amide bonds. The first-order valence-corrected chi connectivity index (χ1v) is 10.1. The second kappa shape index (κ2) is 8.00. The van der Waals surface area contributed by atoms with Crippen molar-refractivity contribution in [2.45, 2.75) is 18.9 Å². The first-order valence-electron chi connectivity index (χ1n) is 10.1. The molecule has 0 spiro atoms. The number of hydrogen-bond acceptors (Lipinski definition) is 8. The van der Waals surface area contributed by atoms with Gasteiger partial charge in [0.05, 0.1) is 0 Å². The number of rotatable bonds is 5. The fourth-order valence-electron chi connectivity index (χ4n) is 3.89. The van der Waals surface area contributed by atoms with E-state index >= 15 is 0 Å². The van der Waals surface area contributed by atoms with Crippen molar-refractivity contribution in [1.82, 2.24) is 25.3 Å². The number of aromatic nitrogens is 4. The van der Waals surface area contributed by atoms with E-state index in [-0.39, 0.29) is 6.04 Å². The number of fused-ring (bicyclic) bond motifs is 1. The predicted octanol–water partition coefficient (Wildman–Crippen LogP) is 2.00. The van der Waals surface area contributed by atoms with Gasteiger partial charge in [-0.1, -0.05) is 30.3 Å². The summed E-state index contributed by atoms with van der Waals surface area (Å²) in [4.78, 5) is 20.5. The molecular formula is C21H24N8. The molecule has 0 atom stereocenters. The normalized spacial score (nSPS) is 16.5. The highest BCUT2D eigenvalue weighted by Crippen LogP contribution is 2.25. The number of hydrogen-bond donors (Lipinski definition) is 3. The van der Waals surface area contributed by atoms with Gasteiger partial charge in [-0.2, -0.15) is 15.0 Å². The third-order valence-electron chi connectivity index (χ3n) is 5.31. The molecule has 1 aliphatic carbocycles. The quantitative estimate of drug-likeness (QED) is 0.611. The minimum atomic E-state index is 0.286. The maximum atomic E-state index is 4.73. The largest absolute Gasteiger partial charge is 0.351 e. The van der Waals surface area contributed by atoms with Crippen molar-refractivity contribution in [3.63, 3.8) is 0 Å². The van der Waals surface area contributed by atoms with Crippen LogP contribution in [0.1, 0.15) is 11.1 Å². The summed E-state index contributed by atoms with van der Waals surface area (Å²) in [7, 11) is 0. The van der Waals surface area contributed by atoms with Crippen LogP contribution in [0.4, 0.5) is 23.7 Å². The Morgan fingerprint density at radius 1 is 0.862 bits per heavy atom. The molecule has 1 aromatic carbocycles. The molecule has 3 aromatic rings. The Morgan fingerprint density at radius 2 is 1.59 bits per heavy atom. The molecule has 2 aliphatic rings. The summed E-state index contributed by atoms with van der Waals surface area (Å²) in [6.07, 6.45) is 3.71. The van der Waals surface area contributed by atoms with Crippen LogP contribution in [0.15, 0.2) is 48.7 Å². The molecule has 8 nitrogen and oxygen atoms in total. The van der Waals surface area contributed by atoms with Crippen LogP contribution in [-0.2, 0) is 12.8 Å². The van der Waals surface area contributed by atoms with Gasteiger partial charge in [-0.05, 0) is 36.1 Å². The van der Waals surface area contributed by atoms with Crippen LogP contribution >= 0.6 is 0 Å². The average molecular weight is 388 g/mol. The molecule has 3 heterocycles. The summed E-state index contributed by atoms with van der Waals surface area (Å²) in [5, 5.41) is 10.1. The van der Waals surface area contributed by atoms with Crippen LogP contribution in [0.3, 0.4) is 0 Å². The van der Waals surface area contributed by atoms with E-state index in [1.165, 1.54) is 11.1 Å². The fraction of sp³-hybridized carbons (Fsp3) is 0.333. The van der Waals surface area contributed by atoms with Crippen LogP contribution in [0, 0.1) is 0 Å². The molecule has 0 bridgehead atoms. The second-order valence-electron chi connectivity index (χ2n) is 7.38. The molecule has 2 aromatic heterocycles. The van der Waals surface area contributed by atoms with E-state index in [0.717, 1.165) is 39.0 Å². The molecule has 148 valence electrons. The van der Waals surface area contributed by atoms with Gasteiger partial charge in [0.25, 0.3) is 0 Å². The van der Waals surface area contributed by atoms with Crippen molar-refractivity contribution in [3.8, 4) is 0 Å². The average Bonchev–Trinajstić information content (AvgIpc) is 3.17. The first kappa shape index (κ1) is 17.8. The first-order chi connectivity index (χ1) is 14.3. The highest BCUT2D eigenvalue weighted by molar-refractivity contribution is 5.52. The maximum absolute atomic E-state index is 4.73. The Morgan fingerprint density at radius 3 is 2.31 bits per heavy atom. The number of nitrogens with zero attached hydrogens (tertiary/aromatic N) is 5. The second-order valence-corrected chi connectivity index (χ2v) is 7.38. The van der Waals surface area contributed by atoms with Crippen molar-refractivity contribution in [3.05, 3.63) is 59.8 Å². The minimum Gasteiger partial charge on any atom is -0.351 e. The van der Waals surface area contributed by atoms with E-state index in [1.54, 1.807) is 6.20 Å². The molecule has 5 rings (SSSR count). The van der Waals surface area contributed by atoms with E-state index in [0.29, 0.717) is 23.7 Å². The smallest absolute Gasteiger partial charge is 0.235 e. The van der Waals surface area contributed by atoms with E-state index in [9.17, 15) is 0 Å². The van der Waals surface area contributed by atoms with Crippen LogP contribution in [-0.4, -0.2) is 52.2 Å². The van der Waals surface area contributed by atoms with Gasteiger partial charge in [-0.15, -0.1) is 0 Å². The zero-order valence-corrected chi connectivity index (χ0v) is 16.2. The zero-order chi connectivity index (χ0) is 19.5. The lowest BCUT2D eigenvalue weighted by atomic mass is 10.1. The number of piperazine rings is 1. The Hall–Kier alpha value is -3.26. The summed E-state index contributed by atoms with van der Waals surface area (Å²) < 4.78 is 0. The number of anilines is 4. The molecule has 1 fully saturated rings. The lowest BCUT2D eigenvalue weighted by molar-refractivity contribution is 0.579. The monoisotopic (exact) mass is 388 g/mol. The molecule has 1 aliphatic heterocycles. The number of pyridine rings is 1. The van der Waals surface area contributed by atoms with Gasteiger partial charge >= 0.3 is 0 Å².